The van der Waals surface area contributed by atoms with Gasteiger partial charge in [0.05, 0.1) is 0 Å². The summed E-state index contributed by atoms with van der Waals surface area (Å²) in [5, 5.41) is 12.3. The van der Waals surface area contributed by atoms with Gasteiger partial charge in [-0.2, -0.15) is 0 Å². The first-order chi connectivity index (χ1) is 7.34. The predicted octanol–water partition coefficient (Wildman–Crippen LogP) is 3.04. The highest BCUT2D eigenvalue weighted by atomic mass is 16.3. The van der Waals surface area contributed by atoms with Crippen LogP contribution >= 0.6 is 0 Å². The average molecular weight is 221 g/mol. The maximum atomic E-state index is 11.4. The fourth-order valence-electron chi connectivity index (χ4n) is 1.50. The minimum atomic E-state index is -0.116. The van der Waals surface area contributed by atoms with Crippen LogP contribution in [0.2, 0.25) is 0 Å². The number of phenolic OH excluding ortho intramolecular Hbond substituents is 1. The van der Waals surface area contributed by atoms with Crippen LogP contribution in [-0.2, 0) is 10.2 Å². The van der Waals surface area contributed by atoms with Gasteiger partial charge in [-0.1, -0.05) is 27.7 Å². The van der Waals surface area contributed by atoms with Crippen LogP contribution < -0.4 is 5.32 Å². The molecule has 1 aromatic carbocycles. The predicted molar refractivity (Wildman–Crippen MR) is 65.7 cm³/mol. The molecule has 16 heavy (non-hydrogen) atoms. The maximum Gasteiger partial charge on any atom is 0.224 e. The van der Waals surface area contributed by atoms with Crippen LogP contribution in [0.3, 0.4) is 0 Å². The van der Waals surface area contributed by atoms with E-state index in [0.717, 1.165) is 11.3 Å². The molecule has 0 heterocycles. The van der Waals surface area contributed by atoms with Gasteiger partial charge in [0.15, 0.2) is 0 Å². The lowest BCUT2D eigenvalue weighted by Crippen LogP contribution is -2.17. The van der Waals surface area contributed by atoms with E-state index in [2.05, 4.69) is 5.32 Å². The van der Waals surface area contributed by atoms with E-state index >= 15 is 0 Å². The van der Waals surface area contributed by atoms with E-state index in [9.17, 15) is 9.90 Å². The Morgan fingerprint density at radius 3 is 2.50 bits per heavy atom. The van der Waals surface area contributed by atoms with E-state index in [1.807, 2.05) is 27.7 Å². The van der Waals surface area contributed by atoms with Gasteiger partial charge in [0.2, 0.25) is 5.91 Å². The highest BCUT2D eigenvalue weighted by Gasteiger charge is 2.19. The lowest BCUT2D eigenvalue weighted by Gasteiger charge is -2.23. The van der Waals surface area contributed by atoms with Gasteiger partial charge in [-0.15, -0.1) is 0 Å². The molecule has 3 nitrogen and oxygen atoms in total. The molecule has 0 spiro atoms. The van der Waals surface area contributed by atoms with Gasteiger partial charge in [-0.05, 0) is 29.2 Å². The number of carbonyl (C=O) groups is 1. The summed E-state index contributed by atoms with van der Waals surface area (Å²) in [4.78, 5) is 11.4. The quantitative estimate of drug-likeness (QED) is 0.754. The summed E-state index contributed by atoms with van der Waals surface area (Å²) in [6.07, 6.45) is 0.449. The molecular formula is C13H19NO2. The molecule has 0 aliphatic heterocycles. The molecule has 0 aliphatic carbocycles. The molecule has 0 aliphatic rings. The third kappa shape index (κ3) is 2.99. The lowest BCUT2D eigenvalue weighted by molar-refractivity contribution is -0.115. The second kappa shape index (κ2) is 4.56. The van der Waals surface area contributed by atoms with Crippen molar-refractivity contribution in [1.82, 2.24) is 0 Å². The third-order valence-electron chi connectivity index (χ3n) is 2.41. The number of anilines is 1. The number of hydrogen-bond acceptors (Lipinski definition) is 2. The Morgan fingerprint density at radius 1 is 1.38 bits per heavy atom. The van der Waals surface area contributed by atoms with E-state index in [-0.39, 0.29) is 17.1 Å². The molecule has 0 saturated carbocycles. The number of benzene rings is 1. The number of nitrogens with one attached hydrogen (secondary N) is 1. The van der Waals surface area contributed by atoms with Crippen molar-refractivity contribution >= 4 is 11.6 Å². The van der Waals surface area contributed by atoms with Gasteiger partial charge in [0.1, 0.15) is 5.75 Å². The second-order valence-electron chi connectivity index (χ2n) is 4.88. The lowest BCUT2D eigenvalue weighted by atomic mass is 9.85. The highest BCUT2D eigenvalue weighted by Crippen LogP contribution is 2.32. The Labute approximate surface area is 96.5 Å². The molecule has 1 aromatic rings. The first-order valence-electron chi connectivity index (χ1n) is 5.48. The SMILES string of the molecule is CCC(=O)Nc1ccc(O)cc1C(C)(C)C. The molecule has 0 unspecified atom stereocenters. The van der Waals surface area contributed by atoms with Crippen LogP contribution in [0.25, 0.3) is 0 Å². The number of carbonyl (C=O) groups excluding carboxylic acids is 1. The Hall–Kier alpha value is -1.51. The summed E-state index contributed by atoms with van der Waals surface area (Å²) in [5.41, 5.74) is 1.60. The van der Waals surface area contributed by atoms with Gasteiger partial charge in [-0.3, -0.25) is 4.79 Å². The topological polar surface area (TPSA) is 49.3 Å². The molecule has 0 saturated heterocycles. The summed E-state index contributed by atoms with van der Waals surface area (Å²) in [5.74, 6) is 0.204. The van der Waals surface area contributed by atoms with Crippen LogP contribution in [0.5, 0.6) is 5.75 Å². The zero-order valence-electron chi connectivity index (χ0n) is 10.3. The maximum absolute atomic E-state index is 11.4. The van der Waals surface area contributed by atoms with E-state index < -0.39 is 0 Å². The number of rotatable bonds is 2. The molecule has 0 aromatic heterocycles. The Balaban J connectivity index is 3.13. The summed E-state index contributed by atoms with van der Waals surface area (Å²) < 4.78 is 0. The molecular weight excluding hydrogens is 202 g/mol. The largest absolute Gasteiger partial charge is 0.508 e. The zero-order valence-corrected chi connectivity index (χ0v) is 10.3. The van der Waals surface area contributed by atoms with Crippen molar-refractivity contribution in [2.24, 2.45) is 0 Å². The fraction of sp³-hybridized carbons (Fsp3) is 0.462. The number of hydrogen-bond donors (Lipinski definition) is 2. The molecule has 0 fully saturated rings. The minimum absolute atomic E-state index is 0.0174. The Morgan fingerprint density at radius 2 is 2.00 bits per heavy atom. The van der Waals surface area contributed by atoms with Crippen molar-refractivity contribution in [3.8, 4) is 5.75 Å². The van der Waals surface area contributed by atoms with Crippen LogP contribution in [0.1, 0.15) is 39.7 Å². The molecule has 88 valence electrons. The molecule has 0 radical (unpaired) electrons. The summed E-state index contributed by atoms with van der Waals surface area (Å²) >= 11 is 0. The van der Waals surface area contributed by atoms with Gasteiger partial charge >= 0.3 is 0 Å². The van der Waals surface area contributed by atoms with Gasteiger partial charge in [0, 0.05) is 12.1 Å². The van der Waals surface area contributed by atoms with Crippen LogP contribution in [0.15, 0.2) is 18.2 Å². The van der Waals surface area contributed by atoms with Crippen LogP contribution in [0.4, 0.5) is 5.69 Å². The molecule has 1 rings (SSSR count). The van der Waals surface area contributed by atoms with E-state index in [4.69, 9.17) is 0 Å². The van der Waals surface area contributed by atoms with Crippen molar-refractivity contribution in [2.75, 3.05) is 5.32 Å². The molecule has 2 N–H and O–H groups in total. The first-order valence-corrected chi connectivity index (χ1v) is 5.48. The number of amides is 1. The summed E-state index contributed by atoms with van der Waals surface area (Å²) in [7, 11) is 0. The van der Waals surface area contributed by atoms with Crippen molar-refractivity contribution in [3.63, 3.8) is 0 Å². The van der Waals surface area contributed by atoms with Gasteiger partial charge in [-0.25, -0.2) is 0 Å². The van der Waals surface area contributed by atoms with Crippen molar-refractivity contribution in [3.05, 3.63) is 23.8 Å². The minimum Gasteiger partial charge on any atom is -0.508 e. The van der Waals surface area contributed by atoms with E-state index in [0.29, 0.717) is 6.42 Å². The monoisotopic (exact) mass is 221 g/mol. The molecule has 0 bridgehead atoms. The Bertz CT molecular complexity index is 391. The summed E-state index contributed by atoms with van der Waals surface area (Å²) in [6, 6.07) is 5.02. The van der Waals surface area contributed by atoms with Crippen molar-refractivity contribution in [2.45, 2.75) is 39.5 Å². The molecule has 0 atom stereocenters. The second-order valence-corrected chi connectivity index (χ2v) is 4.88. The molecule has 1 amide bonds. The molecule has 3 heteroatoms. The van der Waals surface area contributed by atoms with Crippen molar-refractivity contribution in [1.29, 1.82) is 0 Å². The smallest absolute Gasteiger partial charge is 0.224 e. The summed E-state index contributed by atoms with van der Waals surface area (Å²) in [6.45, 7) is 7.95. The third-order valence-corrected chi connectivity index (χ3v) is 2.41. The van der Waals surface area contributed by atoms with Crippen LogP contribution in [-0.4, -0.2) is 11.0 Å². The van der Waals surface area contributed by atoms with Gasteiger partial charge in [0.25, 0.3) is 0 Å². The van der Waals surface area contributed by atoms with Crippen LogP contribution in [0, 0.1) is 0 Å². The highest BCUT2D eigenvalue weighted by molar-refractivity contribution is 5.91. The standard InChI is InChI=1S/C13H19NO2/c1-5-12(16)14-11-7-6-9(15)8-10(11)13(2,3)4/h6-8,15H,5H2,1-4H3,(H,14,16). The van der Waals surface area contributed by atoms with Gasteiger partial charge < -0.3 is 10.4 Å². The number of aromatic hydroxyl groups is 1. The first kappa shape index (κ1) is 12.6. The van der Waals surface area contributed by atoms with Crippen molar-refractivity contribution < 1.29 is 9.90 Å². The zero-order chi connectivity index (χ0) is 12.3. The van der Waals surface area contributed by atoms with E-state index in [1.54, 1.807) is 18.2 Å². The van der Waals surface area contributed by atoms with E-state index in [1.165, 1.54) is 0 Å². The Kier molecular flexibility index (Phi) is 3.58. The number of phenols is 1. The fourth-order valence-corrected chi connectivity index (χ4v) is 1.50. The normalized spacial score (nSPS) is 11.2. The average Bonchev–Trinajstić information content (AvgIpc) is 2.19.